The van der Waals surface area contributed by atoms with E-state index in [-0.39, 0.29) is 18.3 Å². The van der Waals surface area contributed by atoms with Crippen LogP contribution in [0.4, 0.5) is 0 Å². The Hall–Kier alpha value is -1.59. The van der Waals surface area contributed by atoms with Gasteiger partial charge < -0.3 is 14.7 Å². The number of amides is 1. The number of carbonyl (C=O) groups excluding carboxylic acids is 1. The van der Waals surface area contributed by atoms with Gasteiger partial charge in [0.1, 0.15) is 5.69 Å². The van der Waals surface area contributed by atoms with Gasteiger partial charge in [-0.25, -0.2) is 0 Å². The second kappa shape index (κ2) is 6.04. The van der Waals surface area contributed by atoms with Gasteiger partial charge in [0.2, 0.25) is 5.91 Å². The first-order chi connectivity index (χ1) is 8.84. The molecule has 1 aromatic carbocycles. The summed E-state index contributed by atoms with van der Waals surface area (Å²) in [7, 11) is 0. The molecule has 0 bridgehead atoms. The third kappa shape index (κ3) is 2.88. The fourth-order valence-corrected chi connectivity index (χ4v) is 2.23. The third-order valence-electron chi connectivity index (χ3n) is 3.24. The van der Waals surface area contributed by atoms with E-state index < -0.39 is 0 Å². The van der Waals surface area contributed by atoms with Gasteiger partial charge in [0, 0.05) is 31.6 Å². The van der Waals surface area contributed by atoms with Crippen LogP contribution in [-0.2, 0) is 11.2 Å². The predicted octanol–water partition coefficient (Wildman–Crippen LogP) is 1.22. The molecule has 5 nitrogen and oxygen atoms in total. The van der Waals surface area contributed by atoms with Crippen LogP contribution >= 0.6 is 12.4 Å². The van der Waals surface area contributed by atoms with Crippen molar-refractivity contribution in [1.82, 2.24) is 15.4 Å². The first-order valence-corrected chi connectivity index (χ1v) is 6.16. The van der Waals surface area contributed by atoms with Gasteiger partial charge in [-0.2, -0.15) is 0 Å². The minimum absolute atomic E-state index is 0. The topological polar surface area (TPSA) is 58.4 Å². The zero-order valence-electron chi connectivity index (χ0n) is 10.5. The molecule has 1 saturated heterocycles. The third-order valence-corrected chi connectivity index (χ3v) is 3.24. The minimum Gasteiger partial charge on any atom is -0.356 e. The summed E-state index contributed by atoms with van der Waals surface area (Å²) in [4.78, 5) is 14.0. The second-order valence-corrected chi connectivity index (χ2v) is 4.43. The Morgan fingerprint density at radius 2 is 2.05 bits per heavy atom. The van der Waals surface area contributed by atoms with E-state index in [1.807, 2.05) is 29.2 Å². The zero-order valence-corrected chi connectivity index (χ0v) is 11.3. The van der Waals surface area contributed by atoms with Crippen molar-refractivity contribution in [2.45, 2.75) is 6.42 Å². The van der Waals surface area contributed by atoms with Gasteiger partial charge in [-0.15, -0.1) is 12.4 Å². The lowest BCUT2D eigenvalue weighted by Crippen LogP contribution is -2.47. The van der Waals surface area contributed by atoms with Crippen LogP contribution in [0.5, 0.6) is 0 Å². The Morgan fingerprint density at radius 3 is 2.84 bits per heavy atom. The van der Waals surface area contributed by atoms with Gasteiger partial charge in [0.15, 0.2) is 5.58 Å². The summed E-state index contributed by atoms with van der Waals surface area (Å²) in [5.41, 5.74) is 1.47. The molecular weight excluding hydrogens is 266 g/mol. The highest BCUT2D eigenvalue weighted by molar-refractivity contribution is 5.86. The summed E-state index contributed by atoms with van der Waals surface area (Å²) < 4.78 is 5.20. The molecular formula is C13H16ClN3O2. The average Bonchev–Trinajstić information content (AvgIpc) is 2.83. The van der Waals surface area contributed by atoms with Crippen molar-refractivity contribution in [2.75, 3.05) is 26.2 Å². The summed E-state index contributed by atoms with van der Waals surface area (Å²) >= 11 is 0. The molecule has 19 heavy (non-hydrogen) atoms. The molecule has 1 fully saturated rings. The molecule has 0 atom stereocenters. The number of carbonyl (C=O) groups is 1. The fraction of sp³-hybridized carbons (Fsp3) is 0.385. The minimum atomic E-state index is 0. The monoisotopic (exact) mass is 281 g/mol. The van der Waals surface area contributed by atoms with Gasteiger partial charge in [-0.05, 0) is 12.1 Å². The number of nitrogens with zero attached hydrogens (tertiary/aromatic N) is 2. The number of rotatable bonds is 2. The van der Waals surface area contributed by atoms with Crippen molar-refractivity contribution < 1.29 is 9.32 Å². The molecule has 1 aromatic heterocycles. The van der Waals surface area contributed by atoms with Crippen molar-refractivity contribution in [2.24, 2.45) is 0 Å². The van der Waals surface area contributed by atoms with Crippen LogP contribution in [0.15, 0.2) is 28.8 Å². The summed E-state index contributed by atoms with van der Waals surface area (Å²) in [6.45, 7) is 3.28. The normalized spacial score (nSPS) is 15.3. The van der Waals surface area contributed by atoms with Gasteiger partial charge >= 0.3 is 0 Å². The molecule has 2 aromatic rings. The molecule has 0 saturated carbocycles. The molecule has 1 aliphatic rings. The SMILES string of the molecule is Cl.O=C(Cc1noc2ccccc12)N1CCNCC1. The number of para-hydroxylation sites is 1. The maximum absolute atomic E-state index is 12.1. The van der Waals surface area contributed by atoms with Crippen molar-refractivity contribution in [3.63, 3.8) is 0 Å². The van der Waals surface area contributed by atoms with Crippen LogP contribution in [0.3, 0.4) is 0 Å². The number of aromatic nitrogens is 1. The van der Waals surface area contributed by atoms with E-state index in [1.165, 1.54) is 0 Å². The number of hydrogen-bond donors (Lipinski definition) is 1. The smallest absolute Gasteiger partial charge is 0.228 e. The van der Waals surface area contributed by atoms with Crippen LogP contribution in [0, 0.1) is 0 Å². The van der Waals surface area contributed by atoms with E-state index in [9.17, 15) is 4.79 Å². The predicted molar refractivity (Wildman–Crippen MR) is 74.4 cm³/mol. The average molecular weight is 282 g/mol. The quantitative estimate of drug-likeness (QED) is 0.899. The Morgan fingerprint density at radius 1 is 1.32 bits per heavy atom. The van der Waals surface area contributed by atoms with E-state index in [0.29, 0.717) is 6.42 Å². The molecule has 2 heterocycles. The summed E-state index contributed by atoms with van der Waals surface area (Å²) in [5.74, 6) is 0.121. The van der Waals surface area contributed by atoms with E-state index in [1.54, 1.807) is 0 Å². The first-order valence-electron chi connectivity index (χ1n) is 6.16. The van der Waals surface area contributed by atoms with Crippen LogP contribution in [0.25, 0.3) is 11.0 Å². The lowest BCUT2D eigenvalue weighted by Gasteiger charge is -2.27. The molecule has 0 unspecified atom stereocenters. The highest BCUT2D eigenvalue weighted by Gasteiger charge is 2.19. The molecule has 1 N–H and O–H groups in total. The van der Waals surface area contributed by atoms with Crippen LogP contribution in [-0.4, -0.2) is 42.1 Å². The van der Waals surface area contributed by atoms with E-state index in [2.05, 4.69) is 10.5 Å². The van der Waals surface area contributed by atoms with E-state index in [0.717, 1.165) is 42.8 Å². The highest BCUT2D eigenvalue weighted by atomic mass is 35.5. The Kier molecular flexibility index (Phi) is 4.39. The molecule has 6 heteroatoms. The van der Waals surface area contributed by atoms with Gasteiger partial charge in [0.25, 0.3) is 0 Å². The number of nitrogens with one attached hydrogen (secondary N) is 1. The molecule has 3 rings (SSSR count). The zero-order chi connectivity index (χ0) is 12.4. The van der Waals surface area contributed by atoms with Gasteiger partial charge in [0.05, 0.1) is 6.42 Å². The molecule has 1 amide bonds. The lowest BCUT2D eigenvalue weighted by atomic mass is 10.1. The van der Waals surface area contributed by atoms with Crippen LogP contribution in [0.2, 0.25) is 0 Å². The number of benzene rings is 1. The summed E-state index contributed by atoms with van der Waals surface area (Å²) in [6, 6.07) is 7.63. The van der Waals surface area contributed by atoms with Crippen molar-refractivity contribution in [1.29, 1.82) is 0 Å². The Labute approximate surface area is 117 Å². The number of halogens is 1. The van der Waals surface area contributed by atoms with Gasteiger partial charge in [-0.1, -0.05) is 17.3 Å². The Bertz CT molecular complexity index is 564. The standard InChI is InChI=1S/C13H15N3O2.ClH/c17-13(16-7-5-14-6-8-16)9-11-10-3-1-2-4-12(10)18-15-11;/h1-4,14H,5-9H2;1H. The Balaban J connectivity index is 0.00000133. The molecule has 1 aliphatic heterocycles. The maximum atomic E-state index is 12.1. The summed E-state index contributed by atoms with van der Waals surface area (Å²) in [5, 5.41) is 8.15. The summed E-state index contributed by atoms with van der Waals surface area (Å²) in [6.07, 6.45) is 0.316. The number of fused-ring (bicyclic) bond motifs is 1. The van der Waals surface area contributed by atoms with E-state index >= 15 is 0 Å². The molecule has 0 aliphatic carbocycles. The van der Waals surface area contributed by atoms with Crippen molar-refractivity contribution in [3.05, 3.63) is 30.0 Å². The molecule has 102 valence electrons. The molecule has 0 radical (unpaired) electrons. The maximum Gasteiger partial charge on any atom is 0.228 e. The largest absolute Gasteiger partial charge is 0.356 e. The van der Waals surface area contributed by atoms with Crippen molar-refractivity contribution >= 4 is 29.3 Å². The number of piperazine rings is 1. The van der Waals surface area contributed by atoms with Gasteiger partial charge in [-0.3, -0.25) is 4.79 Å². The molecule has 0 spiro atoms. The fourth-order valence-electron chi connectivity index (χ4n) is 2.23. The first kappa shape index (κ1) is 13.8. The van der Waals surface area contributed by atoms with Crippen LogP contribution in [0.1, 0.15) is 5.69 Å². The van der Waals surface area contributed by atoms with Crippen molar-refractivity contribution in [3.8, 4) is 0 Å². The highest BCUT2D eigenvalue weighted by Crippen LogP contribution is 2.18. The number of hydrogen-bond acceptors (Lipinski definition) is 4. The van der Waals surface area contributed by atoms with Crippen LogP contribution < -0.4 is 5.32 Å². The van der Waals surface area contributed by atoms with E-state index in [4.69, 9.17) is 4.52 Å². The second-order valence-electron chi connectivity index (χ2n) is 4.43. The lowest BCUT2D eigenvalue weighted by molar-refractivity contribution is -0.131.